The third-order valence-corrected chi connectivity index (χ3v) is 3.90. The maximum absolute atomic E-state index is 12.8. The topological polar surface area (TPSA) is 41.1 Å². The molecule has 0 heterocycles. The first-order valence-electron chi connectivity index (χ1n) is 7.84. The molecule has 1 aromatic carbocycles. The normalized spacial score (nSPS) is 14.4. The quantitative estimate of drug-likeness (QED) is 0.490. The Kier molecular flexibility index (Phi) is 6.94. The Morgan fingerprint density at radius 2 is 2.04 bits per heavy atom. The molecule has 0 fully saturated rings. The molecule has 5 heteroatoms. The molecule has 0 spiro atoms. The van der Waals surface area contributed by atoms with Gasteiger partial charge in [-0.1, -0.05) is 23.8 Å². The van der Waals surface area contributed by atoms with Gasteiger partial charge >= 0.3 is 0 Å². The fraction of sp³-hybridized carbons (Fsp3) is 0.333. The highest BCUT2D eigenvalue weighted by Crippen LogP contribution is 2.19. The maximum Gasteiger partial charge on any atom is 0.250 e. The fourth-order valence-electron chi connectivity index (χ4n) is 2.41. The number of benzene rings is 1. The summed E-state index contributed by atoms with van der Waals surface area (Å²) >= 11 is 5.10. The second-order valence-electron chi connectivity index (χ2n) is 5.49. The Hall–Kier alpha value is -2.01. The van der Waals surface area contributed by atoms with Crippen molar-refractivity contribution in [2.24, 2.45) is 0 Å². The van der Waals surface area contributed by atoms with Gasteiger partial charge in [-0.2, -0.15) is 0 Å². The number of amides is 1. The van der Waals surface area contributed by atoms with E-state index < -0.39 is 0 Å². The van der Waals surface area contributed by atoms with Crippen LogP contribution < -0.4 is 10.6 Å². The minimum absolute atomic E-state index is 0.301. The van der Waals surface area contributed by atoms with Crippen LogP contribution in [-0.4, -0.2) is 17.6 Å². The van der Waals surface area contributed by atoms with E-state index in [0.29, 0.717) is 5.11 Å². The molecule has 3 nitrogen and oxygen atoms in total. The molecule has 0 saturated carbocycles. The molecule has 0 radical (unpaired) electrons. The highest BCUT2D eigenvalue weighted by molar-refractivity contribution is 7.80. The van der Waals surface area contributed by atoms with Crippen molar-refractivity contribution in [2.75, 3.05) is 6.54 Å². The van der Waals surface area contributed by atoms with Crippen molar-refractivity contribution in [3.63, 3.8) is 0 Å². The number of halogens is 1. The van der Waals surface area contributed by atoms with Crippen molar-refractivity contribution in [1.29, 1.82) is 0 Å². The third kappa shape index (κ3) is 6.74. The summed E-state index contributed by atoms with van der Waals surface area (Å²) in [5.74, 6) is -0.603. The molecule has 0 bridgehead atoms. The minimum Gasteiger partial charge on any atom is -0.362 e. The zero-order valence-electron chi connectivity index (χ0n) is 13.0. The van der Waals surface area contributed by atoms with Crippen LogP contribution in [0.1, 0.15) is 37.7 Å². The van der Waals surface area contributed by atoms with E-state index in [-0.39, 0.29) is 11.7 Å². The summed E-state index contributed by atoms with van der Waals surface area (Å²) in [6.07, 6.45) is 11.1. The fourth-order valence-corrected chi connectivity index (χ4v) is 2.61. The summed E-state index contributed by atoms with van der Waals surface area (Å²) < 4.78 is 12.8. The summed E-state index contributed by atoms with van der Waals surface area (Å²) in [5, 5.41) is 5.97. The Balaban J connectivity index is 1.68. The smallest absolute Gasteiger partial charge is 0.250 e. The highest BCUT2D eigenvalue weighted by Gasteiger charge is 2.04. The van der Waals surface area contributed by atoms with E-state index in [9.17, 15) is 9.18 Å². The SMILES string of the molecule is O=C(/C=C/c1ccc(F)cc1)NC(=S)NCCC1=CCCCC1. The monoisotopic (exact) mass is 332 g/mol. The number of carbonyl (C=O) groups is 1. The van der Waals surface area contributed by atoms with Crippen LogP contribution in [0.2, 0.25) is 0 Å². The zero-order valence-corrected chi connectivity index (χ0v) is 13.8. The molecular formula is C18H21FN2OS. The highest BCUT2D eigenvalue weighted by atomic mass is 32.1. The Labute approximate surface area is 141 Å². The zero-order chi connectivity index (χ0) is 16.5. The second-order valence-corrected chi connectivity index (χ2v) is 5.90. The van der Waals surface area contributed by atoms with Crippen LogP contribution in [0.4, 0.5) is 4.39 Å². The Bertz CT molecular complexity index is 608. The van der Waals surface area contributed by atoms with Crippen LogP contribution in [0.15, 0.2) is 42.0 Å². The van der Waals surface area contributed by atoms with Gasteiger partial charge in [-0.3, -0.25) is 10.1 Å². The molecule has 1 aliphatic carbocycles. The summed E-state index contributed by atoms with van der Waals surface area (Å²) in [5.41, 5.74) is 2.22. The van der Waals surface area contributed by atoms with E-state index in [1.807, 2.05) is 0 Å². The number of nitrogens with one attached hydrogen (secondary N) is 2. The molecule has 0 atom stereocenters. The molecule has 2 N–H and O–H groups in total. The van der Waals surface area contributed by atoms with Gasteiger partial charge < -0.3 is 5.32 Å². The molecule has 0 saturated heterocycles. The number of rotatable bonds is 5. The summed E-state index contributed by atoms with van der Waals surface area (Å²) in [6, 6.07) is 5.91. The summed E-state index contributed by atoms with van der Waals surface area (Å²) in [7, 11) is 0. The van der Waals surface area contributed by atoms with Gasteiger partial charge in [0.1, 0.15) is 5.82 Å². The average molecular weight is 332 g/mol. The van der Waals surface area contributed by atoms with Crippen LogP contribution in [0.25, 0.3) is 6.08 Å². The lowest BCUT2D eigenvalue weighted by Crippen LogP contribution is -2.38. The van der Waals surface area contributed by atoms with Crippen LogP contribution in [0.3, 0.4) is 0 Å². The van der Waals surface area contributed by atoms with Crippen molar-refractivity contribution in [1.82, 2.24) is 10.6 Å². The van der Waals surface area contributed by atoms with Crippen molar-refractivity contribution in [3.8, 4) is 0 Å². The Morgan fingerprint density at radius 1 is 1.26 bits per heavy atom. The van der Waals surface area contributed by atoms with Crippen LogP contribution >= 0.6 is 12.2 Å². The molecule has 0 aromatic heterocycles. The van der Waals surface area contributed by atoms with Gasteiger partial charge in [0.2, 0.25) is 5.91 Å². The van der Waals surface area contributed by atoms with E-state index in [1.54, 1.807) is 18.2 Å². The van der Waals surface area contributed by atoms with Crippen LogP contribution in [-0.2, 0) is 4.79 Å². The first-order valence-corrected chi connectivity index (χ1v) is 8.25. The molecule has 23 heavy (non-hydrogen) atoms. The van der Waals surface area contributed by atoms with Gasteiger partial charge in [-0.15, -0.1) is 0 Å². The van der Waals surface area contributed by atoms with Gasteiger partial charge in [0.15, 0.2) is 5.11 Å². The predicted molar refractivity (Wildman–Crippen MR) is 95.3 cm³/mol. The van der Waals surface area contributed by atoms with E-state index in [4.69, 9.17) is 12.2 Å². The number of carbonyl (C=O) groups excluding carboxylic acids is 1. The molecule has 122 valence electrons. The lowest BCUT2D eigenvalue weighted by Gasteiger charge is -2.13. The largest absolute Gasteiger partial charge is 0.362 e. The molecule has 1 aliphatic rings. The van der Waals surface area contributed by atoms with Gasteiger partial charge in [0.25, 0.3) is 0 Å². The average Bonchev–Trinajstić information content (AvgIpc) is 2.55. The Morgan fingerprint density at radius 3 is 2.74 bits per heavy atom. The van der Waals surface area contributed by atoms with Crippen molar-refractivity contribution >= 4 is 29.3 Å². The molecule has 1 aromatic rings. The van der Waals surface area contributed by atoms with Crippen molar-refractivity contribution in [3.05, 3.63) is 53.4 Å². The van der Waals surface area contributed by atoms with Crippen LogP contribution in [0.5, 0.6) is 0 Å². The van der Waals surface area contributed by atoms with Gasteiger partial charge in [0, 0.05) is 12.6 Å². The number of allylic oxidation sites excluding steroid dienone is 1. The van der Waals surface area contributed by atoms with Gasteiger partial charge in [0.05, 0.1) is 0 Å². The first-order chi connectivity index (χ1) is 11.1. The van der Waals surface area contributed by atoms with E-state index >= 15 is 0 Å². The molecule has 1 amide bonds. The maximum atomic E-state index is 12.8. The second kappa shape index (κ2) is 9.20. The van der Waals surface area contributed by atoms with Crippen molar-refractivity contribution in [2.45, 2.75) is 32.1 Å². The third-order valence-electron chi connectivity index (χ3n) is 3.65. The standard InChI is InChI=1S/C18H21FN2OS/c19-16-9-6-15(7-10-16)8-11-17(22)21-18(23)20-13-12-14-4-2-1-3-5-14/h4,6-11H,1-3,5,12-13H2,(H2,20,21,22,23)/b11-8+. The van der Waals surface area contributed by atoms with Crippen molar-refractivity contribution < 1.29 is 9.18 Å². The molecule has 0 aliphatic heterocycles. The van der Waals surface area contributed by atoms with Crippen LogP contribution in [0, 0.1) is 5.82 Å². The van der Waals surface area contributed by atoms with Gasteiger partial charge in [-0.05, 0) is 68.1 Å². The molecule has 0 unspecified atom stereocenters. The van der Waals surface area contributed by atoms with E-state index in [2.05, 4.69) is 16.7 Å². The predicted octanol–water partition coefficient (Wildman–Crippen LogP) is 3.72. The number of hydrogen-bond donors (Lipinski definition) is 2. The molecule has 2 rings (SSSR count). The first kappa shape index (κ1) is 17.3. The number of hydrogen-bond acceptors (Lipinski definition) is 2. The number of thiocarbonyl (C=S) groups is 1. The van der Waals surface area contributed by atoms with E-state index in [1.165, 1.54) is 49.5 Å². The van der Waals surface area contributed by atoms with E-state index in [0.717, 1.165) is 18.5 Å². The summed E-state index contributed by atoms with van der Waals surface area (Å²) in [4.78, 5) is 11.7. The summed E-state index contributed by atoms with van der Waals surface area (Å²) in [6.45, 7) is 0.729. The lowest BCUT2D eigenvalue weighted by atomic mass is 9.97. The minimum atomic E-state index is -0.302. The van der Waals surface area contributed by atoms with Gasteiger partial charge in [-0.25, -0.2) is 4.39 Å². The lowest BCUT2D eigenvalue weighted by molar-refractivity contribution is -0.115. The molecular weight excluding hydrogens is 311 g/mol.